The minimum absolute atomic E-state index is 0.0254. The van der Waals surface area contributed by atoms with Gasteiger partial charge in [0.2, 0.25) is 0 Å². The van der Waals surface area contributed by atoms with Crippen LogP contribution in [0, 0.1) is 13.8 Å². The average molecular weight is 345 g/mol. The number of benzene rings is 2. The highest BCUT2D eigenvalue weighted by Crippen LogP contribution is 2.32. The first-order valence-corrected chi connectivity index (χ1v) is 8.95. The lowest BCUT2D eigenvalue weighted by molar-refractivity contribution is 0.189. The van der Waals surface area contributed by atoms with Crippen molar-refractivity contribution in [3.63, 3.8) is 0 Å². The highest BCUT2D eigenvalue weighted by atomic mass is 16.2. The lowest BCUT2D eigenvalue weighted by atomic mass is 10.1. The molecule has 3 aromatic rings. The van der Waals surface area contributed by atoms with Crippen molar-refractivity contribution >= 4 is 11.7 Å². The number of hydrogen-bond acceptors (Lipinski definition) is 1. The summed E-state index contributed by atoms with van der Waals surface area (Å²) in [6.07, 6.45) is 2.07. The summed E-state index contributed by atoms with van der Waals surface area (Å²) in [6.45, 7) is 6.71. The lowest BCUT2D eigenvalue weighted by Crippen LogP contribution is -2.36. The summed E-state index contributed by atoms with van der Waals surface area (Å²) in [6, 6.07) is 18.4. The van der Waals surface area contributed by atoms with Gasteiger partial charge in [-0.05, 0) is 61.7 Å². The van der Waals surface area contributed by atoms with E-state index in [0.29, 0.717) is 6.54 Å². The van der Waals surface area contributed by atoms with Crippen LogP contribution in [0.1, 0.15) is 35.3 Å². The molecule has 1 aliphatic heterocycles. The van der Waals surface area contributed by atoms with Crippen LogP contribution in [0.3, 0.4) is 0 Å². The minimum atomic E-state index is -0.0735. The Kier molecular flexibility index (Phi) is 4.03. The van der Waals surface area contributed by atoms with Crippen molar-refractivity contribution in [2.75, 3.05) is 5.32 Å². The predicted molar refractivity (Wildman–Crippen MR) is 105 cm³/mol. The number of carbonyl (C=O) groups excluding carboxylic acids is 1. The Bertz CT molecular complexity index is 973. The fourth-order valence-corrected chi connectivity index (χ4v) is 3.62. The number of amides is 2. The number of rotatable bonds is 1. The molecule has 0 saturated heterocycles. The molecule has 1 atom stereocenters. The van der Waals surface area contributed by atoms with Gasteiger partial charge in [0.05, 0.1) is 18.3 Å². The molecule has 132 valence electrons. The van der Waals surface area contributed by atoms with Crippen LogP contribution in [0.2, 0.25) is 0 Å². The van der Waals surface area contributed by atoms with E-state index in [1.807, 2.05) is 49.1 Å². The van der Waals surface area contributed by atoms with Gasteiger partial charge in [0.15, 0.2) is 0 Å². The summed E-state index contributed by atoms with van der Waals surface area (Å²) in [7, 11) is 0. The molecular weight excluding hydrogens is 322 g/mol. The third-order valence-electron chi connectivity index (χ3n) is 5.16. The van der Waals surface area contributed by atoms with Crippen LogP contribution >= 0.6 is 0 Å². The number of nitrogens with one attached hydrogen (secondary N) is 1. The summed E-state index contributed by atoms with van der Waals surface area (Å²) in [5.74, 6) is 0. The normalized spacial score (nSPS) is 15.8. The van der Waals surface area contributed by atoms with E-state index in [1.165, 1.54) is 0 Å². The van der Waals surface area contributed by atoms with Gasteiger partial charge < -0.3 is 14.8 Å². The van der Waals surface area contributed by atoms with Gasteiger partial charge in [0.1, 0.15) is 0 Å². The van der Waals surface area contributed by atoms with Gasteiger partial charge in [-0.25, -0.2) is 4.79 Å². The quantitative estimate of drug-likeness (QED) is 0.646. The molecule has 4 nitrogen and oxygen atoms in total. The molecule has 0 bridgehead atoms. The van der Waals surface area contributed by atoms with E-state index in [-0.39, 0.29) is 12.1 Å². The number of aryl methyl sites for hydroxylation is 2. The van der Waals surface area contributed by atoms with Gasteiger partial charge in [-0.1, -0.05) is 30.3 Å². The number of para-hydroxylation sites is 1. The molecule has 26 heavy (non-hydrogen) atoms. The summed E-state index contributed by atoms with van der Waals surface area (Å²) >= 11 is 0. The maximum absolute atomic E-state index is 13.1. The number of nitrogens with zero attached hydrogens (tertiary/aromatic N) is 2. The number of aromatic nitrogens is 1. The molecule has 0 spiro atoms. The van der Waals surface area contributed by atoms with E-state index in [9.17, 15) is 4.79 Å². The molecule has 2 heterocycles. The van der Waals surface area contributed by atoms with Gasteiger partial charge in [0.25, 0.3) is 0 Å². The second-order valence-electron chi connectivity index (χ2n) is 6.98. The third kappa shape index (κ3) is 2.77. The molecule has 0 fully saturated rings. The minimum Gasteiger partial charge on any atom is -0.318 e. The van der Waals surface area contributed by atoms with Crippen LogP contribution in [0.15, 0.2) is 60.8 Å². The Morgan fingerprint density at radius 1 is 1.08 bits per heavy atom. The van der Waals surface area contributed by atoms with E-state index in [2.05, 4.69) is 47.3 Å². The second kappa shape index (κ2) is 6.37. The maximum Gasteiger partial charge on any atom is 0.322 e. The number of hydrogen-bond donors (Lipinski definition) is 1. The van der Waals surface area contributed by atoms with E-state index >= 15 is 0 Å². The first-order valence-electron chi connectivity index (χ1n) is 8.95. The molecule has 2 amide bonds. The molecule has 1 N–H and O–H groups in total. The van der Waals surface area contributed by atoms with E-state index in [4.69, 9.17) is 0 Å². The van der Waals surface area contributed by atoms with Gasteiger partial charge in [-0.15, -0.1) is 0 Å². The molecule has 4 rings (SSSR count). The van der Waals surface area contributed by atoms with Gasteiger partial charge in [-0.2, -0.15) is 0 Å². The van der Waals surface area contributed by atoms with Gasteiger partial charge in [-0.3, -0.25) is 0 Å². The van der Waals surface area contributed by atoms with Crippen LogP contribution < -0.4 is 5.32 Å². The van der Waals surface area contributed by atoms with E-state index in [0.717, 1.165) is 33.8 Å². The highest BCUT2D eigenvalue weighted by Gasteiger charge is 2.28. The second-order valence-corrected chi connectivity index (χ2v) is 6.98. The van der Waals surface area contributed by atoms with Crippen molar-refractivity contribution in [3.8, 4) is 5.69 Å². The van der Waals surface area contributed by atoms with Crippen molar-refractivity contribution in [1.29, 1.82) is 0 Å². The predicted octanol–water partition coefficient (Wildman–Crippen LogP) is 5.20. The summed E-state index contributed by atoms with van der Waals surface area (Å²) in [5.41, 5.74) is 6.47. The molecule has 0 unspecified atom stereocenters. The Morgan fingerprint density at radius 2 is 1.88 bits per heavy atom. The molecule has 0 aliphatic carbocycles. The molecule has 2 aromatic carbocycles. The fourth-order valence-electron chi connectivity index (χ4n) is 3.62. The monoisotopic (exact) mass is 345 g/mol. The van der Waals surface area contributed by atoms with Crippen molar-refractivity contribution in [2.24, 2.45) is 0 Å². The first kappa shape index (κ1) is 16.5. The Labute approximate surface area is 154 Å². The lowest BCUT2D eigenvalue weighted by Gasteiger charge is -2.28. The highest BCUT2D eigenvalue weighted by molar-refractivity contribution is 5.90. The largest absolute Gasteiger partial charge is 0.322 e. The number of carbonyl (C=O) groups is 1. The van der Waals surface area contributed by atoms with Gasteiger partial charge in [0, 0.05) is 17.6 Å². The Hall–Kier alpha value is -3.01. The molecule has 1 aromatic heterocycles. The summed E-state index contributed by atoms with van der Waals surface area (Å²) < 4.78 is 2.19. The number of anilines is 1. The zero-order chi connectivity index (χ0) is 18.3. The smallest absolute Gasteiger partial charge is 0.318 e. The van der Waals surface area contributed by atoms with Crippen molar-refractivity contribution in [3.05, 3.63) is 83.2 Å². The van der Waals surface area contributed by atoms with Crippen LogP contribution in [0.25, 0.3) is 5.69 Å². The zero-order valence-electron chi connectivity index (χ0n) is 15.4. The standard InChI is InChI=1S/C22H23N3O/c1-15-10-11-16(2)19(13-15)23-22(26)25-14-18-7-4-5-8-21(18)24-12-6-9-20(24)17(25)3/h4-13,17H,14H2,1-3H3,(H,23,26)/t17-/m1/s1. The summed E-state index contributed by atoms with van der Waals surface area (Å²) in [4.78, 5) is 15.0. The van der Waals surface area contributed by atoms with E-state index < -0.39 is 0 Å². The first-order chi connectivity index (χ1) is 12.5. The third-order valence-corrected chi connectivity index (χ3v) is 5.16. The molecule has 0 radical (unpaired) electrons. The van der Waals surface area contributed by atoms with Crippen molar-refractivity contribution < 1.29 is 4.79 Å². The van der Waals surface area contributed by atoms with Crippen LogP contribution in [0.5, 0.6) is 0 Å². The Morgan fingerprint density at radius 3 is 2.73 bits per heavy atom. The Balaban J connectivity index is 1.71. The molecule has 0 saturated carbocycles. The van der Waals surface area contributed by atoms with E-state index in [1.54, 1.807) is 0 Å². The number of urea groups is 1. The topological polar surface area (TPSA) is 37.3 Å². The van der Waals surface area contributed by atoms with Crippen molar-refractivity contribution in [1.82, 2.24) is 9.47 Å². The van der Waals surface area contributed by atoms with Crippen LogP contribution in [-0.4, -0.2) is 15.5 Å². The maximum atomic E-state index is 13.1. The SMILES string of the molecule is Cc1ccc(C)c(NC(=O)N2Cc3ccccc3-n3cccc3[C@H]2C)c1. The molecular formula is C22H23N3O. The van der Waals surface area contributed by atoms with Crippen LogP contribution in [-0.2, 0) is 6.54 Å². The number of fused-ring (bicyclic) bond motifs is 3. The van der Waals surface area contributed by atoms with Crippen molar-refractivity contribution in [2.45, 2.75) is 33.4 Å². The van der Waals surface area contributed by atoms with Gasteiger partial charge >= 0.3 is 6.03 Å². The molecule has 4 heteroatoms. The molecule has 1 aliphatic rings. The fraction of sp³-hybridized carbons (Fsp3) is 0.227. The van der Waals surface area contributed by atoms with Crippen LogP contribution in [0.4, 0.5) is 10.5 Å². The summed E-state index contributed by atoms with van der Waals surface area (Å²) in [5, 5.41) is 3.11. The zero-order valence-corrected chi connectivity index (χ0v) is 15.4. The average Bonchev–Trinajstić information content (AvgIpc) is 3.08.